The molecule has 0 bridgehead atoms. The van der Waals surface area contributed by atoms with E-state index in [0.29, 0.717) is 6.61 Å². The van der Waals surface area contributed by atoms with Crippen LogP contribution in [0, 0.1) is 5.82 Å². The van der Waals surface area contributed by atoms with Crippen LogP contribution in [0.1, 0.15) is 30.9 Å². The van der Waals surface area contributed by atoms with Gasteiger partial charge in [0.2, 0.25) is 0 Å². The number of ether oxygens (including phenoxy) is 1. The van der Waals surface area contributed by atoms with E-state index in [1.165, 1.54) is 34.9 Å². The zero-order valence-electron chi connectivity index (χ0n) is 14.6. The molecule has 130 valence electrons. The van der Waals surface area contributed by atoms with Crippen molar-refractivity contribution in [3.8, 4) is 5.75 Å². The van der Waals surface area contributed by atoms with Crippen LogP contribution in [0.5, 0.6) is 5.75 Å². The third-order valence-electron chi connectivity index (χ3n) is 4.31. The molecule has 0 spiro atoms. The molecule has 0 radical (unpaired) electrons. The van der Waals surface area contributed by atoms with Gasteiger partial charge in [-0.25, -0.2) is 4.39 Å². The molecule has 0 saturated heterocycles. The topological polar surface area (TPSA) is 21.3 Å². The highest BCUT2D eigenvalue weighted by atomic mass is 19.1. The van der Waals surface area contributed by atoms with Gasteiger partial charge < -0.3 is 10.1 Å². The summed E-state index contributed by atoms with van der Waals surface area (Å²) in [5.74, 6) is 0.655. The van der Waals surface area contributed by atoms with Crippen molar-refractivity contribution >= 4 is 10.8 Å². The van der Waals surface area contributed by atoms with Crippen molar-refractivity contribution in [3.63, 3.8) is 0 Å². The Morgan fingerprint density at radius 1 is 0.960 bits per heavy atom. The van der Waals surface area contributed by atoms with Crippen molar-refractivity contribution in [2.75, 3.05) is 6.54 Å². The molecule has 3 aromatic rings. The number of fused-ring (bicyclic) bond motifs is 1. The highest BCUT2D eigenvalue weighted by Crippen LogP contribution is 2.28. The minimum absolute atomic E-state index is 0.227. The van der Waals surface area contributed by atoms with Crippen LogP contribution >= 0.6 is 0 Å². The molecule has 3 aromatic carbocycles. The Kier molecular flexibility index (Phi) is 6.02. The summed E-state index contributed by atoms with van der Waals surface area (Å²) in [4.78, 5) is 0. The van der Waals surface area contributed by atoms with E-state index in [4.69, 9.17) is 4.74 Å². The van der Waals surface area contributed by atoms with Crippen molar-refractivity contribution in [2.24, 2.45) is 0 Å². The second-order valence-electron chi connectivity index (χ2n) is 6.21. The fourth-order valence-electron chi connectivity index (χ4n) is 2.89. The van der Waals surface area contributed by atoms with E-state index in [2.05, 4.69) is 42.6 Å². The summed E-state index contributed by atoms with van der Waals surface area (Å²) < 4.78 is 19.1. The van der Waals surface area contributed by atoms with Gasteiger partial charge in [-0.1, -0.05) is 55.8 Å². The first-order valence-electron chi connectivity index (χ1n) is 8.86. The average Bonchev–Trinajstić information content (AvgIpc) is 2.65. The van der Waals surface area contributed by atoms with Gasteiger partial charge in [0.05, 0.1) is 0 Å². The quantitative estimate of drug-likeness (QED) is 0.552. The summed E-state index contributed by atoms with van der Waals surface area (Å²) in [6.07, 6.45) is 2.34. The van der Waals surface area contributed by atoms with E-state index >= 15 is 0 Å². The van der Waals surface area contributed by atoms with Crippen LogP contribution in [0.25, 0.3) is 10.8 Å². The lowest BCUT2D eigenvalue weighted by Gasteiger charge is -2.15. The van der Waals surface area contributed by atoms with Crippen LogP contribution in [0.4, 0.5) is 4.39 Å². The molecular weight excluding hydrogens is 313 g/mol. The van der Waals surface area contributed by atoms with E-state index in [1.807, 2.05) is 6.07 Å². The fourth-order valence-corrected chi connectivity index (χ4v) is 2.89. The first-order chi connectivity index (χ1) is 12.3. The van der Waals surface area contributed by atoms with E-state index in [0.717, 1.165) is 30.8 Å². The number of unbranched alkanes of at least 4 members (excludes halogenated alkanes) is 1. The third kappa shape index (κ3) is 4.58. The van der Waals surface area contributed by atoms with Crippen molar-refractivity contribution in [3.05, 3.63) is 77.6 Å². The largest absolute Gasteiger partial charge is 0.489 e. The van der Waals surface area contributed by atoms with Gasteiger partial charge >= 0.3 is 0 Å². The molecule has 0 amide bonds. The third-order valence-corrected chi connectivity index (χ3v) is 4.31. The predicted molar refractivity (Wildman–Crippen MR) is 101 cm³/mol. The summed E-state index contributed by atoms with van der Waals surface area (Å²) >= 11 is 0. The second-order valence-corrected chi connectivity index (χ2v) is 6.21. The second kappa shape index (κ2) is 8.63. The molecule has 0 heterocycles. The lowest BCUT2D eigenvalue weighted by molar-refractivity contribution is 0.302. The highest BCUT2D eigenvalue weighted by molar-refractivity contribution is 5.87. The lowest BCUT2D eigenvalue weighted by atomic mass is 10.0. The van der Waals surface area contributed by atoms with Crippen molar-refractivity contribution in [1.29, 1.82) is 0 Å². The Morgan fingerprint density at radius 2 is 1.76 bits per heavy atom. The Morgan fingerprint density at radius 3 is 2.56 bits per heavy atom. The smallest absolute Gasteiger partial charge is 0.124 e. The molecule has 25 heavy (non-hydrogen) atoms. The summed E-state index contributed by atoms with van der Waals surface area (Å²) in [6.45, 7) is 4.40. The molecule has 0 aliphatic rings. The number of hydrogen-bond acceptors (Lipinski definition) is 2. The molecule has 3 heteroatoms. The normalized spacial score (nSPS) is 11.0. The van der Waals surface area contributed by atoms with Gasteiger partial charge in [0, 0.05) is 12.1 Å². The molecule has 2 nitrogen and oxygen atoms in total. The minimum atomic E-state index is -0.227. The molecule has 0 aliphatic heterocycles. The minimum Gasteiger partial charge on any atom is -0.489 e. The first-order valence-corrected chi connectivity index (χ1v) is 8.86. The molecule has 0 aromatic heterocycles. The number of halogens is 1. The highest BCUT2D eigenvalue weighted by Gasteiger charge is 2.09. The van der Waals surface area contributed by atoms with Crippen molar-refractivity contribution in [2.45, 2.75) is 32.9 Å². The van der Waals surface area contributed by atoms with Gasteiger partial charge in [-0.15, -0.1) is 0 Å². The van der Waals surface area contributed by atoms with E-state index in [1.54, 1.807) is 12.1 Å². The number of benzene rings is 3. The van der Waals surface area contributed by atoms with Crippen LogP contribution in [-0.4, -0.2) is 6.54 Å². The number of hydrogen-bond donors (Lipinski definition) is 1. The van der Waals surface area contributed by atoms with Gasteiger partial charge in [-0.3, -0.25) is 0 Å². The Balaban J connectivity index is 1.81. The predicted octanol–water partition coefficient (Wildman–Crippen LogP) is 5.45. The first kappa shape index (κ1) is 17.4. The van der Waals surface area contributed by atoms with Crippen LogP contribution in [0.2, 0.25) is 0 Å². The molecule has 0 unspecified atom stereocenters. The lowest BCUT2D eigenvalue weighted by Crippen LogP contribution is -2.15. The summed E-state index contributed by atoms with van der Waals surface area (Å²) in [5.41, 5.74) is 2.13. The molecule has 1 N–H and O–H groups in total. The van der Waals surface area contributed by atoms with Crippen LogP contribution in [0.15, 0.2) is 60.7 Å². The summed E-state index contributed by atoms with van der Waals surface area (Å²) in [6, 6.07) is 18.9. The molecule has 0 fully saturated rings. The SMILES string of the molecule is CCCCNCc1c(OCc2ccc(F)cc2)ccc2ccccc12. The molecule has 0 saturated carbocycles. The maximum atomic E-state index is 13.0. The maximum absolute atomic E-state index is 13.0. The summed E-state index contributed by atoms with van der Waals surface area (Å²) in [5, 5.41) is 5.93. The van der Waals surface area contributed by atoms with Gasteiger partial charge in [0.25, 0.3) is 0 Å². The zero-order valence-corrected chi connectivity index (χ0v) is 14.6. The monoisotopic (exact) mass is 337 g/mol. The maximum Gasteiger partial charge on any atom is 0.124 e. The summed E-state index contributed by atoms with van der Waals surface area (Å²) in [7, 11) is 0. The molecule has 3 rings (SSSR count). The van der Waals surface area contributed by atoms with Crippen molar-refractivity contribution < 1.29 is 9.13 Å². The van der Waals surface area contributed by atoms with Gasteiger partial charge in [0.1, 0.15) is 18.2 Å². The van der Waals surface area contributed by atoms with Gasteiger partial charge in [0.15, 0.2) is 0 Å². The zero-order chi connectivity index (χ0) is 17.5. The Hall–Kier alpha value is -2.39. The average molecular weight is 337 g/mol. The Bertz CT molecular complexity index is 814. The number of rotatable bonds is 8. The van der Waals surface area contributed by atoms with Crippen LogP contribution in [-0.2, 0) is 13.2 Å². The standard InChI is InChI=1S/C22H24FNO/c1-2-3-14-24-15-21-20-7-5-4-6-18(20)10-13-22(21)25-16-17-8-11-19(23)12-9-17/h4-13,24H,2-3,14-16H2,1H3. The molecule has 0 atom stereocenters. The van der Waals surface area contributed by atoms with Crippen LogP contribution in [0.3, 0.4) is 0 Å². The molecular formula is C22H24FNO. The van der Waals surface area contributed by atoms with E-state index in [-0.39, 0.29) is 5.82 Å². The van der Waals surface area contributed by atoms with Gasteiger partial charge in [-0.2, -0.15) is 0 Å². The molecule has 0 aliphatic carbocycles. The van der Waals surface area contributed by atoms with Gasteiger partial charge in [-0.05, 0) is 47.5 Å². The fraction of sp³-hybridized carbons (Fsp3) is 0.273. The Labute approximate surface area is 148 Å². The number of nitrogens with one attached hydrogen (secondary N) is 1. The van der Waals surface area contributed by atoms with E-state index < -0.39 is 0 Å². The van der Waals surface area contributed by atoms with Crippen LogP contribution < -0.4 is 10.1 Å². The van der Waals surface area contributed by atoms with E-state index in [9.17, 15) is 4.39 Å². The van der Waals surface area contributed by atoms with Crippen molar-refractivity contribution in [1.82, 2.24) is 5.32 Å².